The van der Waals surface area contributed by atoms with E-state index in [0.717, 1.165) is 31.7 Å². The van der Waals surface area contributed by atoms with Crippen LogP contribution in [0.5, 0.6) is 0 Å². The molecule has 2 N–H and O–H groups in total. The predicted molar refractivity (Wildman–Crippen MR) is 59.2 cm³/mol. The third kappa shape index (κ3) is 2.87. The lowest BCUT2D eigenvalue weighted by molar-refractivity contribution is 0.733. The molecule has 78 valence electrons. The number of rotatable bonds is 5. The van der Waals surface area contributed by atoms with E-state index >= 15 is 0 Å². The standard InChI is InChI=1S/C10H18N4/c1-3-7-14(8-4-2)9-5-6-12-10(11)13-9/h5-6H,3-4,7-8H2,1-2H3,(H2,11,12,13). The first-order chi connectivity index (χ1) is 6.77. The van der Waals surface area contributed by atoms with Crippen molar-refractivity contribution in [1.82, 2.24) is 9.97 Å². The molecule has 0 spiro atoms. The van der Waals surface area contributed by atoms with Crippen LogP contribution in [-0.4, -0.2) is 23.1 Å². The molecule has 4 heteroatoms. The molecule has 0 aliphatic carbocycles. The van der Waals surface area contributed by atoms with Crippen molar-refractivity contribution >= 4 is 11.8 Å². The molecule has 0 atom stereocenters. The monoisotopic (exact) mass is 194 g/mol. The maximum absolute atomic E-state index is 5.54. The Morgan fingerprint density at radius 2 is 1.93 bits per heavy atom. The Kier molecular flexibility index (Phi) is 4.16. The molecule has 0 aliphatic heterocycles. The van der Waals surface area contributed by atoms with Crippen molar-refractivity contribution in [3.05, 3.63) is 12.3 Å². The molecule has 0 saturated heterocycles. The highest BCUT2D eigenvalue weighted by Crippen LogP contribution is 2.11. The molecular weight excluding hydrogens is 176 g/mol. The summed E-state index contributed by atoms with van der Waals surface area (Å²) >= 11 is 0. The molecule has 0 radical (unpaired) electrons. The summed E-state index contributed by atoms with van der Waals surface area (Å²) in [5.74, 6) is 1.28. The van der Waals surface area contributed by atoms with Crippen LogP contribution < -0.4 is 10.6 Å². The molecule has 14 heavy (non-hydrogen) atoms. The van der Waals surface area contributed by atoms with E-state index in [4.69, 9.17) is 5.73 Å². The van der Waals surface area contributed by atoms with E-state index in [0.29, 0.717) is 5.95 Å². The number of anilines is 2. The summed E-state index contributed by atoms with van der Waals surface area (Å²) < 4.78 is 0. The highest BCUT2D eigenvalue weighted by Gasteiger charge is 2.05. The second-order valence-electron chi connectivity index (χ2n) is 3.26. The van der Waals surface area contributed by atoms with Crippen LogP contribution in [0, 0.1) is 0 Å². The molecule has 0 saturated carbocycles. The first-order valence-corrected chi connectivity index (χ1v) is 5.11. The molecule has 4 nitrogen and oxygen atoms in total. The molecule has 0 amide bonds. The lowest BCUT2D eigenvalue weighted by atomic mass is 10.3. The van der Waals surface area contributed by atoms with Crippen molar-refractivity contribution < 1.29 is 0 Å². The predicted octanol–water partition coefficient (Wildman–Crippen LogP) is 1.69. The Labute approximate surface area is 85.2 Å². The van der Waals surface area contributed by atoms with Gasteiger partial charge in [-0.1, -0.05) is 13.8 Å². The SMILES string of the molecule is CCCN(CCC)c1ccnc(N)n1. The molecule has 1 rings (SSSR count). The van der Waals surface area contributed by atoms with Gasteiger partial charge in [0.05, 0.1) is 0 Å². The van der Waals surface area contributed by atoms with Crippen LogP contribution in [0.25, 0.3) is 0 Å². The van der Waals surface area contributed by atoms with Crippen molar-refractivity contribution in [3.8, 4) is 0 Å². The highest BCUT2D eigenvalue weighted by molar-refractivity contribution is 5.40. The van der Waals surface area contributed by atoms with Crippen LogP contribution >= 0.6 is 0 Å². The van der Waals surface area contributed by atoms with Gasteiger partial charge in [-0.05, 0) is 18.9 Å². The molecular formula is C10H18N4. The summed E-state index contributed by atoms with van der Waals surface area (Å²) in [5.41, 5.74) is 5.54. The molecule has 0 aromatic carbocycles. The minimum absolute atomic E-state index is 0.347. The number of aromatic nitrogens is 2. The molecule has 1 aromatic heterocycles. The third-order valence-electron chi connectivity index (χ3n) is 1.97. The van der Waals surface area contributed by atoms with Gasteiger partial charge in [0.25, 0.3) is 0 Å². The average molecular weight is 194 g/mol. The average Bonchev–Trinajstić information content (AvgIpc) is 2.17. The van der Waals surface area contributed by atoms with Gasteiger partial charge in [-0.25, -0.2) is 4.98 Å². The van der Waals surface area contributed by atoms with Gasteiger partial charge in [0.2, 0.25) is 5.95 Å². The number of nitrogens with two attached hydrogens (primary N) is 1. The van der Waals surface area contributed by atoms with Gasteiger partial charge >= 0.3 is 0 Å². The van der Waals surface area contributed by atoms with Gasteiger partial charge in [-0.15, -0.1) is 0 Å². The van der Waals surface area contributed by atoms with Gasteiger partial charge in [0.15, 0.2) is 0 Å². The Morgan fingerprint density at radius 1 is 1.29 bits per heavy atom. The molecule has 1 heterocycles. The first-order valence-electron chi connectivity index (χ1n) is 5.11. The number of nitrogen functional groups attached to an aromatic ring is 1. The second-order valence-corrected chi connectivity index (χ2v) is 3.26. The maximum atomic E-state index is 5.54. The highest BCUT2D eigenvalue weighted by atomic mass is 15.2. The van der Waals surface area contributed by atoms with Crippen LogP contribution in [0.2, 0.25) is 0 Å². The van der Waals surface area contributed by atoms with E-state index in [2.05, 4.69) is 28.7 Å². The lowest BCUT2D eigenvalue weighted by Crippen LogP contribution is -2.26. The fourth-order valence-corrected chi connectivity index (χ4v) is 1.42. The van der Waals surface area contributed by atoms with Crippen LogP contribution in [-0.2, 0) is 0 Å². The molecule has 0 aliphatic rings. The Bertz CT molecular complexity index is 269. The zero-order valence-electron chi connectivity index (χ0n) is 8.90. The van der Waals surface area contributed by atoms with Gasteiger partial charge in [0, 0.05) is 19.3 Å². The molecule has 0 fully saturated rings. The Morgan fingerprint density at radius 3 is 2.43 bits per heavy atom. The molecule has 0 unspecified atom stereocenters. The Balaban J connectivity index is 2.75. The van der Waals surface area contributed by atoms with Crippen LogP contribution in [0.3, 0.4) is 0 Å². The quantitative estimate of drug-likeness (QED) is 0.775. The van der Waals surface area contributed by atoms with E-state index in [-0.39, 0.29) is 0 Å². The smallest absolute Gasteiger partial charge is 0.221 e. The maximum Gasteiger partial charge on any atom is 0.221 e. The molecule has 1 aromatic rings. The molecule has 0 bridgehead atoms. The number of hydrogen-bond acceptors (Lipinski definition) is 4. The summed E-state index contributed by atoms with van der Waals surface area (Å²) in [5, 5.41) is 0. The van der Waals surface area contributed by atoms with Crippen molar-refractivity contribution in [2.45, 2.75) is 26.7 Å². The van der Waals surface area contributed by atoms with Gasteiger partial charge < -0.3 is 10.6 Å². The topological polar surface area (TPSA) is 55.0 Å². The zero-order chi connectivity index (χ0) is 10.4. The first kappa shape index (κ1) is 10.8. The summed E-state index contributed by atoms with van der Waals surface area (Å²) in [6, 6.07) is 1.90. The minimum Gasteiger partial charge on any atom is -0.368 e. The number of hydrogen-bond donors (Lipinski definition) is 1. The lowest BCUT2D eigenvalue weighted by Gasteiger charge is -2.22. The van der Waals surface area contributed by atoms with Crippen molar-refractivity contribution in [2.75, 3.05) is 23.7 Å². The summed E-state index contributed by atoms with van der Waals surface area (Å²) in [7, 11) is 0. The van der Waals surface area contributed by atoms with Gasteiger partial charge in [-0.3, -0.25) is 0 Å². The third-order valence-corrected chi connectivity index (χ3v) is 1.97. The summed E-state index contributed by atoms with van der Waals surface area (Å²) in [6.45, 7) is 6.36. The fraction of sp³-hybridized carbons (Fsp3) is 0.600. The van der Waals surface area contributed by atoms with E-state index in [1.165, 1.54) is 0 Å². The van der Waals surface area contributed by atoms with Crippen LogP contribution in [0.1, 0.15) is 26.7 Å². The van der Waals surface area contributed by atoms with Gasteiger partial charge in [0.1, 0.15) is 5.82 Å². The van der Waals surface area contributed by atoms with E-state index in [1.54, 1.807) is 6.20 Å². The van der Waals surface area contributed by atoms with Crippen LogP contribution in [0.15, 0.2) is 12.3 Å². The summed E-state index contributed by atoms with van der Waals surface area (Å²) in [6.07, 6.45) is 3.93. The van der Waals surface area contributed by atoms with E-state index < -0.39 is 0 Å². The van der Waals surface area contributed by atoms with E-state index in [1.807, 2.05) is 6.07 Å². The second kappa shape index (κ2) is 5.42. The van der Waals surface area contributed by atoms with Crippen LogP contribution in [0.4, 0.5) is 11.8 Å². The van der Waals surface area contributed by atoms with Crippen molar-refractivity contribution in [3.63, 3.8) is 0 Å². The normalized spacial score (nSPS) is 10.1. The van der Waals surface area contributed by atoms with Gasteiger partial charge in [-0.2, -0.15) is 4.98 Å². The zero-order valence-corrected chi connectivity index (χ0v) is 8.90. The Hall–Kier alpha value is -1.32. The fourth-order valence-electron chi connectivity index (χ4n) is 1.42. The summed E-state index contributed by atoms with van der Waals surface area (Å²) in [4.78, 5) is 10.3. The van der Waals surface area contributed by atoms with Crippen molar-refractivity contribution in [2.24, 2.45) is 0 Å². The van der Waals surface area contributed by atoms with Crippen molar-refractivity contribution in [1.29, 1.82) is 0 Å². The minimum atomic E-state index is 0.347. The largest absolute Gasteiger partial charge is 0.368 e. The van der Waals surface area contributed by atoms with E-state index in [9.17, 15) is 0 Å². The number of nitrogens with zero attached hydrogens (tertiary/aromatic N) is 3.